The van der Waals surface area contributed by atoms with Crippen molar-refractivity contribution < 1.29 is 22.6 Å². The lowest BCUT2D eigenvalue weighted by Crippen LogP contribution is -2.67. The Morgan fingerprint density at radius 1 is 1.24 bits per heavy atom. The van der Waals surface area contributed by atoms with Crippen LogP contribution in [0.4, 0.5) is 19.1 Å². The quantitative estimate of drug-likeness (QED) is 0.401. The van der Waals surface area contributed by atoms with Gasteiger partial charge >= 0.3 is 0 Å². The number of anilines is 1. The summed E-state index contributed by atoms with van der Waals surface area (Å²) in [5.74, 6) is -2.67. The number of hydrogen-bond acceptors (Lipinski definition) is 8. The second kappa shape index (κ2) is 8.84. The van der Waals surface area contributed by atoms with Crippen LogP contribution in [0, 0.1) is 0 Å². The van der Waals surface area contributed by atoms with Gasteiger partial charge in [-0.25, -0.2) is 22.4 Å². The highest BCUT2D eigenvalue weighted by molar-refractivity contribution is 5.89. The Morgan fingerprint density at radius 3 is 2.78 bits per heavy atom. The van der Waals surface area contributed by atoms with Crippen molar-refractivity contribution in [2.45, 2.75) is 37.4 Å². The van der Waals surface area contributed by atoms with E-state index in [1.807, 2.05) is 36.1 Å². The molecule has 2 saturated heterocycles. The number of fused-ring (bicyclic) bond motifs is 2. The van der Waals surface area contributed by atoms with E-state index in [9.17, 15) is 4.39 Å². The number of aromatic nitrogens is 6. The van der Waals surface area contributed by atoms with E-state index >= 15 is 8.78 Å². The predicted octanol–water partition coefficient (Wildman–Crippen LogP) is 3.03. The number of piperidine rings is 1. The number of hydrogen-bond donors (Lipinski definition) is 1. The second-order valence-electron chi connectivity index (χ2n) is 9.83. The van der Waals surface area contributed by atoms with Crippen molar-refractivity contribution in [1.29, 1.82) is 0 Å². The molecule has 13 heteroatoms. The number of rotatable bonds is 7. The number of methoxy groups -OCH3 is 1. The number of likely N-dealkylation sites (tertiary alicyclic amines) is 1. The van der Waals surface area contributed by atoms with E-state index in [-0.39, 0.29) is 36.9 Å². The van der Waals surface area contributed by atoms with Gasteiger partial charge in [0.1, 0.15) is 17.7 Å². The molecule has 0 radical (unpaired) electrons. The molecular formula is C24H27F3N8O2. The summed E-state index contributed by atoms with van der Waals surface area (Å²) >= 11 is 0. The molecule has 0 unspecified atom stereocenters. The molecule has 1 atom stereocenters. The third-order valence-corrected chi connectivity index (χ3v) is 7.29. The zero-order chi connectivity index (χ0) is 25.8. The van der Waals surface area contributed by atoms with Crippen LogP contribution < -0.4 is 10.1 Å². The molecule has 37 heavy (non-hydrogen) atoms. The van der Waals surface area contributed by atoms with Gasteiger partial charge in [-0.15, -0.1) is 10.2 Å². The Balaban J connectivity index is 1.29. The van der Waals surface area contributed by atoms with Gasteiger partial charge in [-0.3, -0.25) is 4.90 Å². The van der Waals surface area contributed by atoms with E-state index in [1.54, 1.807) is 10.7 Å². The maximum atomic E-state index is 15.1. The number of nitrogens with one attached hydrogen (secondary N) is 1. The molecule has 2 aliphatic heterocycles. The van der Waals surface area contributed by atoms with Gasteiger partial charge in [0.15, 0.2) is 0 Å². The van der Waals surface area contributed by atoms with Gasteiger partial charge in [-0.1, -0.05) is 11.3 Å². The molecule has 4 aromatic rings. The minimum Gasteiger partial charge on any atom is -0.479 e. The third kappa shape index (κ3) is 4.06. The summed E-state index contributed by atoms with van der Waals surface area (Å²) in [4.78, 5) is 6.23. The molecule has 1 aromatic carbocycles. The number of benzene rings is 1. The van der Waals surface area contributed by atoms with Crippen molar-refractivity contribution in [3.05, 3.63) is 30.5 Å². The van der Waals surface area contributed by atoms with Crippen molar-refractivity contribution in [3.8, 4) is 17.0 Å². The largest absolute Gasteiger partial charge is 0.479 e. The highest BCUT2D eigenvalue weighted by Crippen LogP contribution is 2.37. The summed E-state index contributed by atoms with van der Waals surface area (Å²) in [5.41, 5.74) is 3.18. The Labute approximate surface area is 210 Å². The van der Waals surface area contributed by atoms with Crippen LogP contribution in [-0.4, -0.2) is 92.1 Å². The number of halogens is 3. The van der Waals surface area contributed by atoms with Gasteiger partial charge in [0, 0.05) is 18.3 Å². The smallest absolute Gasteiger partial charge is 0.280 e. The van der Waals surface area contributed by atoms with Crippen LogP contribution in [0.2, 0.25) is 0 Å². The van der Waals surface area contributed by atoms with Gasteiger partial charge in [0.25, 0.3) is 5.92 Å². The molecule has 5 heterocycles. The zero-order valence-corrected chi connectivity index (χ0v) is 20.5. The molecule has 0 saturated carbocycles. The molecule has 1 N–H and O–H groups in total. The molecule has 2 fully saturated rings. The first-order chi connectivity index (χ1) is 17.8. The average Bonchev–Trinajstić information content (AvgIpc) is 3.47. The van der Waals surface area contributed by atoms with Crippen LogP contribution in [0.25, 0.3) is 27.7 Å². The van der Waals surface area contributed by atoms with Crippen molar-refractivity contribution in [3.63, 3.8) is 0 Å². The summed E-state index contributed by atoms with van der Waals surface area (Å²) in [6, 6.07) is 6.28. The maximum absolute atomic E-state index is 15.1. The minimum atomic E-state index is -2.98. The normalized spacial score (nSPS) is 21.3. The number of aryl methyl sites for hydroxylation is 1. The zero-order valence-electron chi connectivity index (χ0n) is 20.5. The number of nitrogens with zero attached hydrogens (tertiary/aromatic N) is 7. The lowest BCUT2D eigenvalue weighted by molar-refractivity contribution is -0.174. The fraction of sp³-hybridized carbons (Fsp3) is 0.500. The van der Waals surface area contributed by atoms with Crippen LogP contribution in [0.5, 0.6) is 5.88 Å². The average molecular weight is 517 g/mol. The van der Waals surface area contributed by atoms with E-state index in [0.29, 0.717) is 36.3 Å². The molecule has 0 aliphatic carbocycles. The van der Waals surface area contributed by atoms with E-state index in [1.165, 1.54) is 11.8 Å². The molecule has 6 rings (SSSR count). The third-order valence-electron chi connectivity index (χ3n) is 7.29. The molecule has 2 aliphatic rings. The number of ether oxygens (including phenoxy) is 2. The first-order valence-electron chi connectivity index (χ1n) is 12.1. The number of alkyl halides is 3. The first kappa shape index (κ1) is 23.9. The molecular weight excluding hydrogens is 489 g/mol. The Kier molecular flexibility index (Phi) is 5.71. The Hall–Kier alpha value is -3.45. The van der Waals surface area contributed by atoms with Gasteiger partial charge < -0.3 is 14.8 Å². The van der Waals surface area contributed by atoms with Crippen LogP contribution in [-0.2, 0) is 11.3 Å². The molecule has 10 nitrogen and oxygen atoms in total. The van der Waals surface area contributed by atoms with Gasteiger partial charge in [0.05, 0.1) is 50.5 Å². The lowest BCUT2D eigenvalue weighted by atomic mass is 9.91. The predicted molar refractivity (Wildman–Crippen MR) is 130 cm³/mol. The van der Waals surface area contributed by atoms with Crippen LogP contribution in [0.15, 0.2) is 30.5 Å². The van der Waals surface area contributed by atoms with E-state index < -0.39 is 18.6 Å². The molecule has 3 aromatic heterocycles. The van der Waals surface area contributed by atoms with Crippen molar-refractivity contribution in [1.82, 2.24) is 34.5 Å². The summed E-state index contributed by atoms with van der Waals surface area (Å²) in [5, 5.41) is 15.4. The highest BCUT2D eigenvalue weighted by Gasteiger charge is 2.51. The molecule has 0 bridgehead atoms. The van der Waals surface area contributed by atoms with Crippen molar-refractivity contribution in [2.24, 2.45) is 0 Å². The van der Waals surface area contributed by atoms with E-state index in [2.05, 4.69) is 25.7 Å². The van der Waals surface area contributed by atoms with E-state index in [0.717, 1.165) is 11.1 Å². The standard InChI is InChI=1S/C24H27F3N8O2/c1-23(13-37-14-23)33-8-6-19(24(26,27)12-33)28-22-29-21(36-2)20-16(5-9-35(20)31-22)15-3-4-17-18(11-15)34(10-7-25)32-30-17/h3-5,9,11,19H,6-8,10,12-14H2,1-2H3,(H,28,31)/t19-/m1/s1. The first-order valence-corrected chi connectivity index (χ1v) is 12.1. The van der Waals surface area contributed by atoms with Crippen molar-refractivity contribution >= 4 is 22.5 Å². The SMILES string of the molecule is COc1nc(N[C@@H]2CCN(C3(C)COC3)CC2(F)F)nn2ccc(-c3ccc4nnn(CCF)c4c3)c12. The van der Waals surface area contributed by atoms with Crippen LogP contribution in [0.1, 0.15) is 13.3 Å². The van der Waals surface area contributed by atoms with Gasteiger partial charge in [-0.05, 0) is 37.1 Å². The second-order valence-corrected chi connectivity index (χ2v) is 9.83. The molecule has 196 valence electrons. The van der Waals surface area contributed by atoms with Gasteiger partial charge in [-0.2, -0.15) is 4.98 Å². The fourth-order valence-corrected chi connectivity index (χ4v) is 5.12. The summed E-state index contributed by atoms with van der Waals surface area (Å²) in [6.07, 6.45) is 1.96. The summed E-state index contributed by atoms with van der Waals surface area (Å²) < 4.78 is 57.1. The monoisotopic (exact) mass is 516 g/mol. The lowest BCUT2D eigenvalue weighted by Gasteiger charge is -2.51. The summed E-state index contributed by atoms with van der Waals surface area (Å²) in [7, 11) is 1.47. The molecule has 0 amide bonds. The Bertz CT molecular complexity index is 1450. The fourth-order valence-electron chi connectivity index (χ4n) is 5.12. The summed E-state index contributed by atoms with van der Waals surface area (Å²) in [6.45, 7) is 2.61. The maximum Gasteiger partial charge on any atom is 0.280 e. The Morgan fingerprint density at radius 2 is 2.08 bits per heavy atom. The van der Waals surface area contributed by atoms with Crippen LogP contribution in [0.3, 0.4) is 0 Å². The van der Waals surface area contributed by atoms with E-state index in [4.69, 9.17) is 9.47 Å². The minimum absolute atomic E-state index is 0.0588. The topological polar surface area (TPSA) is 94.6 Å². The van der Waals surface area contributed by atoms with Crippen LogP contribution >= 0.6 is 0 Å². The van der Waals surface area contributed by atoms with Crippen molar-refractivity contribution in [2.75, 3.05) is 45.4 Å². The van der Waals surface area contributed by atoms with Gasteiger partial charge in [0.2, 0.25) is 11.8 Å². The highest BCUT2D eigenvalue weighted by atomic mass is 19.3. The molecule has 0 spiro atoms.